The number of fused-ring (bicyclic) bond motifs is 1. The first-order chi connectivity index (χ1) is 13.1. The third kappa shape index (κ3) is 3.17. The normalized spacial score (nSPS) is 11.0. The average Bonchev–Trinajstić information content (AvgIpc) is 3.32. The third-order valence-corrected chi connectivity index (χ3v) is 5.34. The van der Waals surface area contributed by atoms with Crippen molar-refractivity contribution in [2.75, 3.05) is 7.11 Å². The summed E-state index contributed by atoms with van der Waals surface area (Å²) in [5.41, 5.74) is 0.921. The average molecular weight is 380 g/mol. The molecule has 0 aliphatic rings. The number of aromatic nitrogens is 2. The molecule has 0 amide bonds. The summed E-state index contributed by atoms with van der Waals surface area (Å²) >= 11 is 1.50. The first kappa shape index (κ1) is 17.2. The van der Waals surface area contributed by atoms with Gasteiger partial charge >= 0.3 is 5.97 Å². The molecule has 0 N–H and O–H groups in total. The zero-order chi connectivity index (χ0) is 19.0. The molecule has 4 rings (SSSR count). The van der Waals surface area contributed by atoms with Gasteiger partial charge in [-0.05, 0) is 30.7 Å². The Bertz CT molecular complexity index is 1190. The molecule has 0 spiro atoms. The van der Waals surface area contributed by atoms with Crippen molar-refractivity contribution in [3.05, 3.63) is 76.2 Å². The van der Waals surface area contributed by atoms with Crippen LogP contribution in [-0.2, 0) is 11.3 Å². The summed E-state index contributed by atoms with van der Waals surface area (Å²) in [5, 5.41) is 0.573. The van der Waals surface area contributed by atoms with Crippen molar-refractivity contribution in [1.82, 2.24) is 9.55 Å². The summed E-state index contributed by atoms with van der Waals surface area (Å²) in [5.74, 6) is 0.628. The lowest BCUT2D eigenvalue weighted by molar-refractivity contribution is 0.0563. The maximum atomic E-state index is 13.0. The molecule has 0 saturated heterocycles. The lowest BCUT2D eigenvalue weighted by atomic mass is 10.2. The summed E-state index contributed by atoms with van der Waals surface area (Å²) < 4.78 is 11.7. The van der Waals surface area contributed by atoms with Crippen molar-refractivity contribution in [3.8, 4) is 10.4 Å². The first-order valence-corrected chi connectivity index (χ1v) is 9.12. The molecule has 7 heteroatoms. The molecule has 0 atom stereocenters. The monoisotopic (exact) mass is 380 g/mol. The van der Waals surface area contributed by atoms with Gasteiger partial charge in [-0.1, -0.05) is 30.3 Å². The number of aryl methyl sites for hydroxylation is 1. The zero-order valence-electron chi connectivity index (χ0n) is 14.8. The van der Waals surface area contributed by atoms with Crippen molar-refractivity contribution in [3.63, 3.8) is 0 Å². The number of hydrogen-bond acceptors (Lipinski definition) is 6. The van der Waals surface area contributed by atoms with E-state index >= 15 is 0 Å². The van der Waals surface area contributed by atoms with Crippen LogP contribution in [0.2, 0.25) is 0 Å². The second kappa shape index (κ2) is 6.85. The van der Waals surface area contributed by atoms with Gasteiger partial charge < -0.3 is 9.15 Å². The van der Waals surface area contributed by atoms with E-state index in [-0.39, 0.29) is 17.9 Å². The number of thiophene rings is 1. The van der Waals surface area contributed by atoms with Crippen LogP contribution >= 0.6 is 11.3 Å². The van der Waals surface area contributed by atoms with Gasteiger partial charge in [-0.25, -0.2) is 9.78 Å². The third-order valence-electron chi connectivity index (χ3n) is 4.26. The fourth-order valence-electron chi connectivity index (χ4n) is 2.88. The van der Waals surface area contributed by atoms with E-state index in [9.17, 15) is 9.59 Å². The number of hydrogen-bond donors (Lipinski definition) is 0. The van der Waals surface area contributed by atoms with Gasteiger partial charge in [-0.15, -0.1) is 11.3 Å². The van der Waals surface area contributed by atoms with Crippen LogP contribution in [0.3, 0.4) is 0 Å². The van der Waals surface area contributed by atoms with E-state index in [1.807, 2.05) is 36.4 Å². The minimum Gasteiger partial charge on any atom is -0.463 e. The summed E-state index contributed by atoms with van der Waals surface area (Å²) in [4.78, 5) is 30.8. The van der Waals surface area contributed by atoms with E-state index in [0.29, 0.717) is 21.8 Å². The van der Waals surface area contributed by atoms with Gasteiger partial charge in [0.2, 0.25) is 5.76 Å². The Labute approximate surface area is 158 Å². The molecule has 4 aromatic rings. The predicted octanol–water partition coefficient (Wildman–Crippen LogP) is 3.86. The molecular weight excluding hydrogens is 364 g/mol. The van der Waals surface area contributed by atoms with Crippen LogP contribution in [0, 0.1) is 6.92 Å². The standard InChI is InChI=1S/C20H16N2O4S/c1-12-21-18-15(10-17(27-18)13-6-4-3-5-7-13)19(23)22(12)11-14-8-9-16(26-14)20(24)25-2/h3-10H,11H2,1-2H3. The minimum absolute atomic E-state index is 0.106. The van der Waals surface area contributed by atoms with Crippen LogP contribution in [-0.4, -0.2) is 22.6 Å². The highest BCUT2D eigenvalue weighted by Gasteiger charge is 2.16. The highest BCUT2D eigenvalue weighted by molar-refractivity contribution is 7.21. The van der Waals surface area contributed by atoms with Crippen LogP contribution in [0.25, 0.3) is 20.7 Å². The van der Waals surface area contributed by atoms with E-state index in [4.69, 9.17) is 4.42 Å². The molecule has 0 saturated carbocycles. The van der Waals surface area contributed by atoms with Crippen LogP contribution in [0.15, 0.2) is 57.7 Å². The zero-order valence-corrected chi connectivity index (χ0v) is 15.6. The molecule has 0 fully saturated rings. The van der Waals surface area contributed by atoms with E-state index in [2.05, 4.69) is 9.72 Å². The molecule has 0 bridgehead atoms. The molecule has 136 valence electrons. The van der Waals surface area contributed by atoms with Gasteiger partial charge in [0.25, 0.3) is 5.56 Å². The largest absolute Gasteiger partial charge is 0.463 e. The molecule has 0 radical (unpaired) electrons. The lowest BCUT2D eigenvalue weighted by Crippen LogP contribution is -2.23. The first-order valence-electron chi connectivity index (χ1n) is 8.30. The van der Waals surface area contributed by atoms with Crippen LogP contribution < -0.4 is 5.56 Å². The second-order valence-electron chi connectivity index (χ2n) is 6.00. The van der Waals surface area contributed by atoms with Crippen LogP contribution in [0.4, 0.5) is 0 Å². The molecule has 0 aliphatic carbocycles. The maximum Gasteiger partial charge on any atom is 0.373 e. The van der Waals surface area contributed by atoms with E-state index in [1.165, 1.54) is 24.5 Å². The van der Waals surface area contributed by atoms with Gasteiger partial charge in [0, 0.05) is 4.88 Å². The minimum atomic E-state index is -0.552. The van der Waals surface area contributed by atoms with Crippen LogP contribution in [0.5, 0.6) is 0 Å². The predicted molar refractivity (Wildman–Crippen MR) is 103 cm³/mol. The molecule has 1 aromatic carbocycles. The van der Waals surface area contributed by atoms with Gasteiger partial charge in [0.15, 0.2) is 0 Å². The Morgan fingerprint density at radius 3 is 2.74 bits per heavy atom. The highest BCUT2D eigenvalue weighted by Crippen LogP contribution is 2.31. The topological polar surface area (TPSA) is 74.3 Å². The maximum absolute atomic E-state index is 13.0. The second-order valence-corrected chi connectivity index (χ2v) is 7.03. The van der Waals surface area contributed by atoms with E-state index < -0.39 is 5.97 Å². The summed E-state index contributed by atoms with van der Waals surface area (Å²) in [6.07, 6.45) is 0. The fourth-order valence-corrected chi connectivity index (χ4v) is 3.95. The molecule has 6 nitrogen and oxygen atoms in total. The van der Waals surface area contributed by atoms with E-state index in [1.54, 1.807) is 17.6 Å². The number of carbonyl (C=O) groups is 1. The fraction of sp³-hybridized carbons (Fsp3) is 0.150. The van der Waals surface area contributed by atoms with E-state index in [0.717, 1.165) is 10.4 Å². The number of ether oxygens (including phenoxy) is 1. The van der Waals surface area contributed by atoms with Gasteiger partial charge in [-0.2, -0.15) is 0 Å². The summed E-state index contributed by atoms with van der Waals surface area (Å²) in [6, 6.07) is 15.0. The molecule has 27 heavy (non-hydrogen) atoms. The summed E-state index contributed by atoms with van der Waals surface area (Å²) in [6.45, 7) is 1.98. The quantitative estimate of drug-likeness (QED) is 0.503. The number of carbonyl (C=O) groups excluding carboxylic acids is 1. The molecular formula is C20H16N2O4S. The Morgan fingerprint density at radius 2 is 2.00 bits per heavy atom. The lowest BCUT2D eigenvalue weighted by Gasteiger charge is -2.07. The molecule has 0 aliphatic heterocycles. The van der Waals surface area contributed by atoms with Gasteiger partial charge in [0.1, 0.15) is 16.4 Å². The van der Waals surface area contributed by atoms with Crippen molar-refractivity contribution < 1.29 is 13.9 Å². The molecule has 3 heterocycles. The van der Waals surface area contributed by atoms with Crippen molar-refractivity contribution in [2.45, 2.75) is 13.5 Å². The van der Waals surface area contributed by atoms with Crippen molar-refractivity contribution in [2.24, 2.45) is 0 Å². The Balaban J connectivity index is 1.74. The molecule has 0 unspecified atom stereocenters. The highest BCUT2D eigenvalue weighted by atomic mass is 32.1. The smallest absolute Gasteiger partial charge is 0.373 e. The van der Waals surface area contributed by atoms with Crippen LogP contribution in [0.1, 0.15) is 22.1 Å². The van der Waals surface area contributed by atoms with Gasteiger partial charge in [-0.3, -0.25) is 9.36 Å². The number of benzene rings is 1. The number of rotatable bonds is 4. The number of esters is 1. The number of methoxy groups -OCH3 is 1. The van der Waals surface area contributed by atoms with Crippen molar-refractivity contribution in [1.29, 1.82) is 0 Å². The summed E-state index contributed by atoms with van der Waals surface area (Å²) in [7, 11) is 1.29. The Morgan fingerprint density at radius 1 is 1.22 bits per heavy atom. The number of nitrogens with zero attached hydrogens (tertiary/aromatic N) is 2. The SMILES string of the molecule is COC(=O)c1ccc(Cn2c(C)nc3sc(-c4ccccc4)cc3c2=O)o1. The van der Waals surface area contributed by atoms with Gasteiger partial charge in [0.05, 0.1) is 19.0 Å². The Kier molecular flexibility index (Phi) is 4.37. The Hall–Kier alpha value is -3.19. The number of furan rings is 1. The van der Waals surface area contributed by atoms with Crippen molar-refractivity contribution >= 4 is 27.5 Å². The molecule has 3 aromatic heterocycles.